The number of nitrogens with one attached hydrogen (secondary N) is 1. The summed E-state index contributed by atoms with van der Waals surface area (Å²) in [7, 11) is -1.81. The SMILES string of the molecule is COOP(=O)(OCCCOC(=O)N1C(=O)/C(=C\c2[nH]c(C)cc2C)c2ccccc21)OOC. The molecular formula is C21H25N2O9P. The monoisotopic (exact) mass is 480 g/mol. The second-order valence-corrected chi connectivity index (χ2v) is 8.45. The number of carbonyl (C=O) groups excluding carboxylic acids is 2. The first-order chi connectivity index (χ1) is 15.8. The number of anilines is 1. The van der Waals surface area contributed by atoms with Crippen molar-refractivity contribution in [3.05, 3.63) is 52.8 Å². The van der Waals surface area contributed by atoms with E-state index in [4.69, 9.17) is 9.26 Å². The number of phosphoric acid groups is 1. The van der Waals surface area contributed by atoms with Crippen molar-refractivity contribution >= 4 is 37.2 Å². The predicted molar refractivity (Wildman–Crippen MR) is 118 cm³/mol. The molecule has 0 saturated carbocycles. The van der Waals surface area contributed by atoms with E-state index < -0.39 is 19.8 Å². The molecule has 2 heterocycles. The number of amides is 2. The molecule has 0 unspecified atom stereocenters. The minimum atomic E-state index is -4.06. The zero-order chi connectivity index (χ0) is 24.0. The maximum Gasteiger partial charge on any atom is 0.529 e. The van der Waals surface area contributed by atoms with E-state index >= 15 is 0 Å². The highest BCUT2D eigenvalue weighted by molar-refractivity contribution is 7.48. The second kappa shape index (κ2) is 10.9. The molecule has 1 N–H and O–H groups in total. The first-order valence-corrected chi connectivity index (χ1v) is 11.4. The number of imide groups is 1. The third-order valence-corrected chi connectivity index (χ3v) is 5.79. The van der Waals surface area contributed by atoms with Crippen molar-refractivity contribution in [2.45, 2.75) is 20.3 Å². The van der Waals surface area contributed by atoms with Crippen molar-refractivity contribution in [2.75, 3.05) is 32.3 Å². The first-order valence-electron chi connectivity index (χ1n) is 9.97. The van der Waals surface area contributed by atoms with Crippen molar-refractivity contribution in [1.29, 1.82) is 0 Å². The number of nitrogens with zero attached hydrogens (tertiary/aromatic N) is 1. The summed E-state index contributed by atoms with van der Waals surface area (Å²) in [5, 5.41) is 0. The lowest BCUT2D eigenvalue weighted by Crippen LogP contribution is -2.34. The molecule has 2 amide bonds. The van der Waals surface area contributed by atoms with Crippen LogP contribution in [0.4, 0.5) is 10.5 Å². The molecule has 1 aliphatic heterocycles. The zero-order valence-corrected chi connectivity index (χ0v) is 19.5. The number of aromatic amines is 1. The Balaban J connectivity index is 1.66. The fraction of sp³-hybridized carbons (Fsp3) is 0.333. The van der Waals surface area contributed by atoms with Crippen LogP contribution in [0.3, 0.4) is 0 Å². The van der Waals surface area contributed by atoms with Crippen molar-refractivity contribution in [2.24, 2.45) is 0 Å². The fourth-order valence-corrected chi connectivity index (χ4v) is 4.13. The topological polar surface area (TPSA) is 126 Å². The molecular weight excluding hydrogens is 455 g/mol. The highest BCUT2D eigenvalue weighted by Crippen LogP contribution is 2.49. The lowest BCUT2D eigenvalue weighted by Gasteiger charge is -2.16. The Labute approximate surface area is 190 Å². The lowest BCUT2D eigenvalue weighted by atomic mass is 10.1. The Morgan fingerprint density at radius 1 is 1.12 bits per heavy atom. The van der Waals surface area contributed by atoms with Crippen LogP contribution in [0.1, 0.15) is 28.9 Å². The van der Waals surface area contributed by atoms with Gasteiger partial charge in [-0.3, -0.25) is 9.32 Å². The molecule has 0 aliphatic carbocycles. The summed E-state index contributed by atoms with van der Waals surface area (Å²) in [4.78, 5) is 38.6. The molecule has 1 aliphatic rings. The van der Waals surface area contributed by atoms with Crippen LogP contribution in [0.15, 0.2) is 30.3 Å². The van der Waals surface area contributed by atoms with Gasteiger partial charge in [0, 0.05) is 23.4 Å². The summed E-state index contributed by atoms with van der Waals surface area (Å²) in [6.07, 6.45) is 1.04. The van der Waals surface area contributed by atoms with E-state index in [0.29, 0.717) is 16.8 Å². The van der Waals surface area contributed by atoms with Crippen LogP contribution < -0.4 is 4.90 Å². The van der Waals surface area contributed by atoms with Crippen molar-refractivity contribution in [3.8, 4) is 0 Å². The van der Waals surface area contributed by atoms with E-state index in [2.05, 4.69) is 24.1 Å². The maximum absolute atomic E-state index is 13.1. The minimum Gasteiger partial charge on any atom is -0.449 e. The number of aromatic nitrogens is 1. The highest BCUT2D eigenvalue weighted by Gasteiger charge is 2.37. The number of fused-ring (bicyclic) bond motifs is 1. The third kappa shape index (κ3) is 5.77. The number of para-hydroxylation sites is 1. The predicted octanol–water partition coefficient (Wildman–Crippen LogP) is 4.33. The smallest absolute Gasteiger partial charge is 0.449 e. The number of hydrogen-bond donors (Lipinski definition) is 1. The summed E-state index contributed by atoms with van der Waals surface area (Å²) >= 11 is 0. The van der Waals surface area contributed by atoms with Gasteiger partial charge in [0.25, 0.3) is 5.91 Å². The normalized spacial score (nSPS) is 14.7. The van der Waals surface area contributed by atoms with Gasteiger partial charge in [-0.1, -0.05) is 18.2 Å². The Morgan fingerprint density at radius 3 is 2.45 bits per heavy atom. The van der Waals surface area contributed by atoms with Crippen molar-refractivity contribution in [1.82, 2.24) is 4.98 Å². The highest BCUT2D eigenvalue weighted by atomic mass is 31.2. The van der Waals surface area contributed by atoms with Crippen LogP contribution in [-0.4, -0.2) is 44.4 Å². The number of aryl methyl sites for hydroxylation is 2. The standard InChI is InChI=1S/C21H25N2O9P/c1-14-12-15(2)22-18(14)13-17-16-8-5-6-9-19(16)23(20(17)24)21(25)29-10-7-11-30-33(26,31-27-3)32-28-4/h5-6,8-9,12-13,22H,7,10-11H2,1-4H3/b17-13-. The summed E-state index contributed by atoms with van der Waals surface area (Å²) in [5.41, 5.74) is 4.18. The summed E-state index contributed by atoms with van der Waals surface area (Å²) < 4.78 is 31.1. The quantitative estimate of drug-likeness (QED) is 0.174. The zero-order valence-electron chi connectivity index (χ0n) is 18.7. The molecule has 0 saturated heterocycles. The van der Waals surface area contributed by atoms with Gasteiger partial charge >= 0.3 is 13.9 Å². The van der Waals surface area contributed by atoms with E-state index in [-0.39, 0.29) is 19.6 Å². The number of ether oxygens (including phenoxy) is 1. The average molecular weight is 480 g/mol. The average Bonchev–Trinajstić information content (AvgIpc) is 3.23. The Bertz CT molecular complexity index is 1090. The number of rotatable bonds is 10. The summed E-state index contributed by atoms with van der Waals surface area (Å²) in [5.74, 6) is -0.490. The number of benzene rings is 1. The maximum atomic E-state index is 13.1. The Hall–Kier alpha value is -2.79. The van der Waals surface area contributed by atoms with Gasteiger partial charge in [0.15, 0.2) is 0 Å². The van der Waals surface area contributed by atoms with Crippen molar-refractivity contribution < 1.29 is 42.5 Å². The van der Waals surface area contributed by atoms with E-state index in [1.165, 1.54) is 0 Å². The molecule has 0 bridgehead atoms. The molecule has 1 aromatic carbocycles. The largest absolute Gasteiger partial charge is 0.529 e. The van der Waals surface area contributed by atoms with Gasteiger partial charge in [0.05, 0.1) is 38.7 Å². The summed E-state index contributed by atoms with van der Waals surface area (Å²) in [6, 6.07) is 8.94. The lowest BCUT2D eigenvalue weighted by molar-refractivity contribution is -0.259. The molecule has 0 spiro atoms. The van der Waals surface area contributed by atoms with E-state index in [1.54, 1.807) is 30.3 Å². The van der Waals surface area contributed by atoms with Gasteiger partial charge in [-0.15, -0.1) is 9.35 Å². The van der Waals surface area contributed by atoms with Crippen LogP contribution >= 0.6 is 7.82 Å². The molecule has 178 valence electrons. The second-order valence-electron chi connectivity index (χ2n) is 7.00. The molecule has 11 nitrogen and oxygen atoms in total. The Kier molecular flexibility index (Phi) is 8.20. The van der Waals surface area contributed by atoms with E-state index in [9.17, 15) is 14.2 Å². The van der Waals surface area contributed by atoms with Gasteiger partial charge in [-0.2, -0.15) is 0 Å². The molecule has 0 atom stereocenters. The first kappa shape index (κ1) is 24.8. The van der Waals surface area contributed by atoms with Gasteiger partial charge in [0.2, 0.25) is 0 Å². The molecule has 3 rings (SSSR count). The fourth-order valence-electron chi connectivity index (χ4n) is 3.30. The minimum absolute atomic E-state index is 0.112. The van der Waals surface area contributed by atoms with Crippen LogP contribution in [0, 0.1) is 13.8 Å². The third-order valence-electron chi connectivity index (χ3n) is 4.62. The molecule has 1 aromatic heterocycles. The van der Waals surface area contributed by atoms with Gasteiger partial charge < -0.3 is 9.72 Å². The van der Waals surface area contributed by atoms with Crippen LogP contribution in [-0.2, 0) is 37.7 Å². The molecule has 12 heteroatoms. The van der Waals surface area contributed by atoms with Crippen LogP contribution in [0.25, 0.3) is 11.6 Å². The van der Waals surface area contributed by atoms with Crippen LogP contribution in [0.5, 0.6) is 0 Å². The van der Waals surface area contributed by atoms with Gasteiger partial charge in [-0.05, 0) is 37.6 Å². The van der Waals surface area contributed by atoms with Crippen molar-refractivity contribution in [3.63, 3.8) is 0 Å². The van der Waals surface area contributed by atoms with Crippen LogP contribution in [0.2, 0.25) is 0 Å². The summed E-state index contributed by atoms with van der Waals surface area (Å²) in [6.45, 7) is 3.59. The van der Waals surface area contributed by atoms with Gasteiger partial charge in [-0.25, -0.2) is 24.0 Å². The number of hydrogen-bond acceptors (Lipinski definition) is 9. The van der Waals surface area contributed by atoms with E-state index in [0.717, 1.165) is 36.1 Å². The number of H-pyrrole nitrogens is 1. The molecule has 0 radical (unpaired) electrons. The van der Waals surface area contributed by atoms with Gasteiger partial charge in [0.1, 0.15) is 0 Å². The molecule has 33 heavy (non-hydrogen) atoms. The Morgan fingerprint density at radius 2 is 1.82 bits per heavy atom. The number of carbonyl (C=O) groups is 2. The molecule has 0 fully saturated rings. The van der Waals surface area contributed by atoms with E-state index in [1.807, 2.05) is 19.9 Å². The molecule has 2 aromatic rings.